The van der Waals surface area contributed by atoms with Crippen molar-refractivity contribution >= 4 is 17.7 Å². The Morgan fingerprint density at radius 3 is 2.36 bits per heavy atom. The van der Waals surface area contributed by atoms with Gasteiger partial charge >= 0.3 is 5.97 Å². The third-order valence-corrected chi connectivity index (χ3v) is 3.55. The summed E-state index contributed by atoms with van der Waals surface area (Å²) in [7, 11) is 0. The lowest BCUT2D eigenvalue weighted by atomic mass is 10.1. The number of unbranched alkanes of at least 4 members (excludes halogenated alkanes) is 2. The Morgan fingerprint density at radius 1 is 1.14 bits per heavy atom. The monoisotopic (exact) mass is 327 g/mol. The van der Waals surface area contributed by atoms with Crippen molar-refractivity contribution in [2.75, 3.05) is 13.2 Å². The summed E-state index contributed by atoms with van der Waals surface area (Å²) in [5, 5.41) is 0. The van der Waals surface area contributed by atoms with Gasteiger partial charge in [-0.2, -0.15) is 0 Å². The van der Waals surface area contributed by atoms with Crippen LogP contribution < -0.4 is 9.57 Å². The molecule has 0 amide bonds. The molecule has 0 aliphatic heterocycles. The SMILES string of the molecule is CCCCOC(=O)[C@H](Cc1ccc(OCCCC)cc1)NCl. The van der Waals surface area contributed by atoms with Gasteiger partial charge in [0.15, 0.2) is 0 Å². The summed E-state index contributed by atoms with van der Waals surface area (Å²) in [6.45, 7) is 5.35. The highest BCUT2D eigenvalue weighted by Gasteiger charge is 2.19. The van der Waals surface area contributed by atoms with Gasteiger partial charge in [0.1, 0.15) is 11.8 Å². The molecule has 0 radical (unpaired) electrons. The van der Waals surface area contributed by atoms with E-state index in [-0.39, 0.29) is 5.97 Å². The van der Waals surface area contributed by atoms with Crippen LogP contribution in [0, 0.1) is 0 Å². The summed E-state index contributed by atoms with van der Waals surface area (Å²) in [4.78, 5) is 14.4. The second-order valence-corrected chi connectivity index (χ2v) is 5.45. The third-order valence-electron chi connectivity index (χ3n) is 3.29. The van der Waals surface area contributed by atoms with Crippen molar-refractivity contribution in [1.29, 1.82) is 0 Å². The molecular formula is C17H26ClNO3. The molecule has 1 N–H and O–H groups in total. The maximum atomic E-state index is 11.9. The van der Waals surface area contributed by atoms with Crippen molar-refractivity contribution in [1.82, 2.24) is 4.84 Å². The minimum absolute atomic E-state index is 0.313. The van der Waals surface area contributed by atoms with E-state index in [2.05, 4.69) is 18.7 Å². The van der Waals surface area contributed by atoms with E-state index in [0.29, 0.717) is 13.0 Å². The number of hydrogen-bond donors (Lipinski definition) is 1. The number of carbonyl (C=O) groups excluding carboxylic acids is 1. The van der Waals surface area contributed by atoms with Crippen molar-refractivity contribution < 1.29 is 14.3 Å². The number of carbonyl (C=O) groups is 1. The number of ether oxygens (including phenoxy) is 2. The largest absolute Gasteiger partial charge is 0.494 e. The second-order valence-electron chi connectivity index (χ2n) is 5.23. The molecule has 0 unspecified atom stereocenters. The molecule has 1 rings (SSSR count). The van der Waals surface area contributed by atoms with Crippen LogP contribution in [0.25, 0.3) is 0 Å². The first kappa shape index (κ1) is 18.8. The number of benzene rings is 1. The standard InChI is InChI=1S/C17H26ClNO3/c1-3-5-11-21-15-9-7-14(8-10-15)13-16(19-18)17(20)22-12-6-4-2/h7-10,16,19H,3-6,11-13H2,1-2H3/t16-/m0/s1. The van der Waals surface area contributed by atoms with Gasteiger partial charge in [-0.05, 0) is 48.7 Å². The first-order valence-electron chi connectivity index (χ1n) is 7.95. The number of rotatable bonds is 11. The van der Waals surface area contributed by atoms with Crippen molar-refractivity contribution in [3.8, 4) is 5.75 Å². The molecule has 1 aromatic rings. The highest BCUT2D eigenvalue weighted by Crippen LogP contribution is 2.14. The van der Waals surface area contributed by atoms with Gasteiger partial charge in [-0.3, -0.25) is 4.79 Å². The Hall–Kier alpha value is -1.26. The predicted octanol–water partition coefficient (Wildman–Crippen LogP) is 3.86. The molecule has 0 saturated carbocycles. The fourth-order valence-electron chi connectivity index (χ4n) is 1.88. The van der Waals surface area contributed by atoms with E-state index in [4.69, 9.17) is 21.3 Å². The van der Waals surface area contributed by atoms with Crippen LogP contribution in [0.1, 0.15) is 45.1 Å². The van der Waals surface area contributed by atoms with Gasteiger partial charge < -0.3 is 9.47 Å². The highest BCUT2D eigenvalue weighted by atomic mass is 35.5. The maximum Gasteiger partial charge on any atom is 0.324 e. The molecule has 0 aromatic heterocycles. The lowest BCUT2D eigenvalue weighted by Crippen LogP contribution is -2.34. The minimum atomic E-state index is -0.537. The lowest BCUT2D eigenvalue weighted by Gasteiger charge is -2.14. The summed E-state index contributed by atoms with van der Waals surface area (Å²) in [6.07, 6.45) is 4.50. The fourth-order valence-corrected chi connectivity index (χ4v) is 2.04. The van der Waals surface area contributed by atoms with Gasteiger partial charge in [0.2, 0.25) is 0 Å². The summed E-state index contributed by atoms with van der Waals surface area (Å²) in [5.74, 6) is 0.532. The number of nitrogens with one attached hydrogen (secondary N) is 1. The zero-order valence-electron chi connectivity index (χ0n) is 13.4. The highest BCUT2D eigenvalue weighted by molar-refractivity contribution is 6.14. The molecule has 4 nitrogen and oxygen atoms in total. The van der Waals surface area contributed by atoms with E-state index in [1.165, 1.54) is 0 Å². The average Bonchev–Trinajstić information content (AvgIpc) is 2.54. The van der Waals surface area contributed by atoms with Crippen molar-refractivity contribution in [3.63, 3.8) is 0 Å². The molecule has 5 heteroatoms. The van der Waals surface area contributed by atoms with Gasteiger partial charge in [-0.25, -0.2) is 4.84 Å². The van der Waals surface area contributed by atoms with Gasteiger partial charge in [0.25, 0.3) is 0 Å². The van der Waals surface area contributed by atoms with Crippen LogP contribution in [0.2, 0.25) is 0 Å². The van der Waals surface area contributed by atoms with E-state index < -0.39 is 6.04 Å². The Labute approximate surface area is 138 Å². The molecule has 0 spiro atoms. The quantitative estimate of drug-likeness (QED) is 0.381. The molecule has 0 heterocycles. The Morgan fingerprint density at radius 2 is 1.77 bits per heavy atom. The second kappa shape index (κ2) is 11.3. The Balaban J connectivity index is 2.47. The van der Waals surface area contributed by atoms with Crippen LogP contribution in [0.15, 0.2) is 24.3 Å². The smallest absolute Gasteiger partial charge is 0.324 e. The molecule has 22 heavy (non-hydrogen) atoms. The maximum absolute atomic E-state index is 11.9. The van der Waals surface area contributed by atoms with E-state index in [9.17, 15) is 4.79 Å². The van der Waals surface area contributed by atoms with Gasteiger partial charge in [0, 0.05) is 0 Å². The average molecular weight is 328 g/mol. The summed E-state index contributed by atoms with van der Waals surface area (Å²) >= 11 is 5.67. The number of esters is 1. The zero-order chi connectivity index (χ0) is 16.2. The normalized spacial score (nSPS) is 12.0. The number of halogens is 1. The molecule has 1 aromatic carbocycles. The van der Waals surface area contributed by atoms with Crippen molar-refractivity contribution in [2.45, 2.75) is 52.0 Å². The summed E-state index contributed by atoms with van der Waals surface area (Å²) < 4.78 is 10.8. The zero-order valence-corrected chi connectivity index (χ0v) is 14.2. The van der Waals surface area contributed by atoms with Crippen LogP contribution in [0.5, 0.6) is 5.75 Å². The molecule has 0 saturated heterocycles. The van der Waals surface area contributed by atoms with Crippen molar-refractivity contribution in [2.24, 2.45) is 0 Å². The first-order valence-corrected chi connectivity index (χ1v) is 8.33. The van der Waals surface area contributed by atoms with E-state index in [0.717, 1.165) is 43.6 Å². The van der Waals surface area contributed by atoms with Gasteiger partial charge in [0.05, 0.1) is 13.2 Å². The Bertz CT molecular complexity index is 422. The van der Waals surface area contributed by atoms with E-state index in [1.54, 1.807) is 0 Å². The fraction of sp³-hybridized carbons (Fsp3) is 0.588. The summed E-state index contributed by atoms with van der Waals surface area (Å²) in [6, 6.07) is 7.19. The lowest BCUT2D eigenvalue weighted by molar-refractivity contribution is -0.145. The third kappa shape index (κ3) is 7.14. The van der Waals surface area contributed by atoms with E-state index in [1.807, 2.05) is 24.3 Å². The molecule has 1 atom stereocenters. The van der Waals surface area contributed by atoms with Gasteiger partial charge in [-0.15, -0.1) is 0 Å². The Kier molecular flexibility index (Phi) is 9.67. The number of hydrogen-bond acceptors (Lipinski definition) is 4. The molecule has 124 valence electrons. The van der Waals surface area contributed by atoms with Crippen molar-refractivity contribution in [3.05, 3.63) is 29.8 Å². The van der Waals surface area contributed by atoms with Crippen LogP contribution in [-0.4, -0.2) is 25.2 Å². The predicted molar refractivity (Wildman–Crippen MR) is 89.2 cm³/mol. The van der Waals surface area contributed by atoms with Crippen LogP contribution in [0.3, 0.4) is 0 Å². The minimum Gasteiger partial charge on any atom is -0.494 e. The van der Waals surface area contributed by atoms with Gasteiger partial charge in [-0.1, -0.05) is 38.8 Å². The molecular weight excluding hydrogens is 302 g/mol. The molecule has 0 bridgehead atoms. The van der Waals surface area contributed by atoms with E-state index >= 15 is 0 Å². The molecule has 0 aliphatic rings. The topological polar surface area (TPSA) is 47.6 Å². The van der Waals surface area contributed by atoms with Crippen LogP contribution in [0.4, 0.5) is 0 Å². The van der Waals surface area contributed by atoms with Crippen LogP contribution in [-0.2, 0) is 16.0 Å². The first-order chi connectivity index (χ1) is 10.7. The molecule has 0 aliphatic carbocycles. The molecule has 0 fully saturated rings. The summed E-state index contributed by atoms with van der Waals surface area (Å²) in [5.41, 5.74) is 1.01. The van der Waals surface area contributed by atoms with Crippen LogP contribution >= 0.6 is 11.8 Å².